The number of carbonyl (C=O) groups excluding carboxylic acids is 1. The van der Waals surface area contributed by atoms with E-state index in [-0.39, 0.29) is 11.9 Å². The van der Waals surface area contributed by atoms with Crippen LogP contribution >= 0.6 is 11.3 Å². The molecule has 3 rings (SSSR count). The third kappa shape index (κ3) is 4.71. The molecule has 1 aliphatic heterocycles. The second-order valence-electron chi connectivity index (χ2n) is 7.47. The van der Waals surface area contributed by atoms with Gasteiger partial charge < -0.3 is 9.80 Å². The number of hydrogen-bond acceptors (Lipinski definition) is 4. The lowest BCUT2D eigenvalue weighted by atomic mass is 10.0. The number of nitrogens with zero attached hydrogens (tertiary/aromatic N) is 3. The summed E-state index contributed by atoms with van der Waals surface area (Å²) in [7, 11) is 1.93. The van der Waals surface area contributed by atoms with Gasteiger partial charge in [0.2, 0.25) is 0 Å². The summed E-state index contributed by atoms with van der Waals surface area (Å²) < 4.78 is 0. The highest BCUT2D eigenvalue weighted by atomic mass is 32.1. The third-order valence-corrected chi connectivity index (χ3v) is 6.29. The van der Waals surface area contributed by atoms with Crippen molar-refractivity contribution in [3.05, 3.63) is 52.0 Å². The van der Waals surface area contributed by atoms with E-state index in [0.717, 1.165) is 43.9 Å². The van der Waals surface area contributed by atoms with E-state index in [9.17, 15) is 4.79 Å². The van der Waals surface area contributed by atoms with Crippen molar-refractivity contribution in [1.82, 2.24) is 14.8 Å². The van der Waals surface area contributed by atoms with E-state index in [1.165, 1.54) is 5.56 Å². The normalized spacial score (nSPS) is 18.2. The summed E-state index contributed by atoms with van der Waals surface area (Å²) in [6, 6.07) is 10.9. The van der Waals surface area contributed by atoms with Gasteiger partial charge in [0.05, 0.1) is 5.01 Å². The maximum atomic E-state index is 12.8. The molecule has 2 aromatic rings. The minimum Gasteiger partial charge on any atom is -0.336 e. The van der Waals surface area contributed by atoms with Gasteiger partial charge >= 0.3 is 0 Å². The van der Waals surface area contributed by atoms with Gasteiger partial charge in [0.25, 0.3) is 5.91 Å². The zero-order valence-corrected chi connectivity index (χ0v) is 16.8. The smallest absolute Gasteiger partial charge is 0.273 e. The predicted octanol–water partition coefficient (Wildman–Crippen LogP) is 4.05. The molecule has 4 nitrogen and oxygen atoms in total. The molecule has 0 spiro atoms. The van der Waals surface area contributed by atoms with Crippen LogP contribution < -0.4 is 0 Å². The summed E-state index contributed by atoms with van der Waals surface area (Å²) in [6.45, 7) is 7.36. The van der Waals surface area contributed by atoms with Crippen LogP contribution in [0.3, 0.4) is 0 Å². The predicted molar refractivity (Wildman–Crippen MR) is 108 cm³/mol. The quantitative estimate of drug-likeness (QED) is 0.769. The first-order valence-electron chi connectivity index (χ1n) is 9.53. The van der Waals surface area contributed by atoms with Crippen LogP contribution in [0.5, 0.6) is 0 Å². The first-order valence-corrected chi connectivity index (χ1v) is 10.4. The molecule has 1 aromatic carbocycles. The molecule has 0 aliphatic carbocycles. The lowest BCUT2D eigenvalue weighted by Crippen LogP contribution is -2.49. The SMILES string of the molecule is CC(C)c1nc(C(=O)N(C)[C@@H]2CCCN(CCc3ccccc3)C2)cs1. The molecule has 1 aliphatic rings. The zero-order chi connectivity index (χ0) is 18.5. The topological polar surface area (TPSA) is 36.4 Å². The van der Waals surface area contributed by atoms with E-state index in [0.29, 0.717) is 11.6 Å². The number of likely N-dealkylation sites (tertiary alicyclic amines) is 1. The van der Waals surface area contributed by atoms with Gasteiger partial charge in [-0.15, -0.1) is 11.3 Å². The van der Waals surface area contributed by atoms with E-state index in [1.807, 2.05) is 17.3 Å². The van der Waals surface area contributed by atoms with Crippen LogP contribution in [0, 0.1) is 0 Å². The average Bonchev–Trinajstić information content (AvgIpc) is 3.17. The summed E-state index contributed by atoms with van der Waals surface area (Å²) in [5.74, 6) is 0.429. The fraction of sp³-hybridized carbons (Fsp3) is 0.524. The van der Waals surface area contributed by atoms with Crippen molar-refractivity contribution in [1.29, 1.82) is 0 Å². The lowest BCUT2D eigenvalue weighted by molar-refractivity contribution is 0.0614. The van der Waals surface area contributed by atoms with E-state index < -0.39 is 0 Å². The van der Waals surface area contributed by atoms with Crippen molar-refractivity contribution in [2.45, 2.75) is 45.1 Å². The Kier molecular flexibility index (Phi) is 6.43. The van der Waals surface area contributed by atoms with E-state index in [1.54, 1.807) is 11.3 Å². The van der Waals surface area contributed by atoms with Gasteiger partial charge in [0.15, 0.2) is 0 Å². The van der Waals surface area contributed by atoms with Crippen LogP contribution in [0.25, 0.3) is 0 Å². The number of aromatic nitrogens is 1. The Morgan fingerprint density at radius 3 is 2.81 bits per heavy atom. The number of amides is 1. The van der Waals surface area contributed by atoms with Gasteiger partial charge in [-0.2, -0.15) is 0 Å². The van der Waals surface area contributed by atoms with Crippen LogP contribution in [-0.2, 0) is 6.42 Å². The molecular formula is C21H29N3OS. The maximum Gasteiger partial charge on any atom is 0.273 e. The summed E-state index contributed by atoms with van der Waals surface area (Å²) in [5, 5.41) is 2.94. The standard InChI is InChI=1S/C21H29N3OS/c1-16(2)20-22-19(15-26-20)21(25)23(3)18-10-7-12-24(14-18)13-11-17-8-5-4-6-9-17/h4-6,8-9,15-16,18H,7,10-14H2,1-3H3/t18-/m1/s1. The fourth-order valence-electron chi connectivity index (χ4n) is 3.48. The molecule has 140 valence electrons. The average molecular weight is 372 g/mol. The molecule has 0 unspecified atom stereocenters. The zero-order valence-electron chi connectivity index (χ0n) is 16.0. The number of thiazole rings is 1. The van der Waals surface area contributed by atoms with Crippen molar-refractivity contribution in [3.63, 3.8) is 0 Å². The van der Waals surface area contributed by atoms with Gasteiger partial charge in [0.1, 0.15) is 5.69 Å². The number of carbonyl (C=O) groups is 1. The lowest BCUT2D eigenvalue weighted by Gasteiger charge is -2.37. The molecule has 0 bridgehead atoms. The molecule has 0 radical (unpaired) electrons. The van der Waals surface area contributed by atoms with Crippen molar-refractivity contribution in [3.8, 4) is 0 Å². The fourth-order valence-corrected chi connectivity index (χ4v) is 4.29. The minimum atomic E-state index is 0.0584. The number of rotatable bonds is 6. The van der Waals surface area contributed by atoms with E-state index >= 15 is 0 Å². The highest BCUT2D eigenvalue weighted by Crippen LogP contribution is 2.22. The first-order chi connectivity index (χ1) is 12.5. The molecule has 0 saturated carbocycles. The highest BCUT2D eigenvalue weighted by Gasteiger charge is 2.27. The van der Waals surface area contributed by atoms with Crippen molar-refractivity contribution in [2.24, 2.45) is 0 Å². The van der Waals surface area contributed by atoms with Crippen molar-refractivity contribution in [2.75, 3.05) is 26.7 Å². The Labute approximate surface area is 160 Å². The Morgan fingerprint density at radius 2 is 2.12 bits per heavy atom. The number of likely N-dealkylation sites (N-methyl/N-ethyl adjacent to an activating group) is 1. The van der Waals surface area contributed by atoms with E-state index in [4.69, 9.17) is 0 Å². The number of hydrogen-bond donors (Lipinski definition) is 0. The van der Waals surface area contributed by atoms with Crippen molar-refractivity contribution >= 4 is 17.2 Å². The summed E-state index contributed by atoms with van der Waals surface area (Å²) in [6.07, 6.45) is 3.28. The van der Waals surface area contributed by atoms with Gasteiger partial charge in [0, 0.05) is 37.5 Å². The second-order valence-corrected chi connectivity index (χ2v) is 8.36. The molecule has 1 fully saturated rings. The minimum absolute atomic E-state index is 0.0584. The van der Waals surface area contributed by atoms with Crippen LogP contribution in [0.2, 0.25) is 0 Å². The summed E-state index contributed by atoms with van der Waals surface area (Å²) in [4.78, 5) is 21.8. The maximum absolute atomic E-state index is 12.8. The molecule has 26 heavy (non-hydrogen) atoms. The largest absolute Gasteiger partial charge is 0.336 e. The van der Waals surface area contributed by atoms with Crippen LogP contribution in [0.1, 0.15) is 53.7 Å². The Hall–Kier alpha value is -1.72. The summed E-state index contributed by atoms with van der Waals surface area (Å²) in [5.41, 5.74) is 1.98. The van der Waals surface area contributed by atoms with Crippen molar-refractivity contribution < 1.29 is 4.79 Å². The number of benzene rings is 1. The molecule has 1 aromatic heterocycles. The first kappa shape index (κ1) is 19.1. The Balaban J connectivity index is 1.56. The third-order valence-electron chi connectivity index (χ3n) is 5.14. The van der Waals surface area contributed by atoms with Crippen LogP contribution in [-0.4, -0.2) is 53.4 Å². The summed E-state index contributed by atoms with van der Waals surface area (Å²) >= 11 is 1.59. The molecular weight excluding hydrogens is 342 g/mol. The molecule has 2 heterocycles. The monoisotopic (exact) mass is 371 g/mol. The molecule has 1 atom stereocenters. The molecule has 1 saturated heterocycles. The molecule has 5 heteroatoms. The number of piperidine rings is 1. The Morgan fingerprint density at radius 1 is 1.35 bits per heavy atom. The second kappa shape index (κ2) is 8.78. The van der Waals surface area contributed by atoms with Gasteiger partial charge in [-0.05, 0) is 31.4 Å². The molecule has 1 amide bonds. The molecule has 0 N–H and O–H groups in total. The van der Waals surface area contributed by atoms with Crippen LogP contribution in [0.4, 0.5) is 0 Å². The van der Waals surface area contributed by atoms with Gasteiger partial charge in [-0.1, -0.05) is 44.2 Å². The van der Waals surface area contributed by atoms with Crippen LogP contribution in [0.15, 0.2) is 35.7 Å². The van der Waals surface area contributed by atoms with E-state index in [2.05, 4.69) is 54.1 Å². The Bertz CT molecular complexity index is 713. The van der Waals surface area contributed by atoms with Gasteiger partial charge in [-0.25, -0.2) is 4.98 Å². The van der Waals surface area contributed by atoms with Gasteiger partial charge in [-0.3, -0.25) is 4.79 Å². The highest BCUT2D eigenvalue weighted by molar-refractivity contribution is 7.09.